The Kier molecular flexibility index (Phi) is 7.77. The van der Waals surface area contributed by atoms with Crippen molar-refractivity contribution < 1.29 is 4.74 Å². The number of nitrogens with zero attached hydrogens (tertiary/aromatic N) is 2. The van der Waals surface area contributed by atoms with E-state index in [2.05, 4.69) is 29.1 Å². The van der Waals surface area contributed by atoms with E-state index in [1.807, 2.05) is 0 Å². The van der Waals surface area contributed by atoms with E-state index in [0.717, 1.165) is 19.7 Å². The summed E-state index contributed by atoms with van der Waals surface area (Å²) in [5.41, 5.74) is 0. The Labute approximate surface area is 106 Å². The summed E-state index contributed by atoms with van der Waals surface area (Å²) in [4.78, 5) is 5.04. The number of ether oxygens (including phenoxy) is 1. The van der Waals surface area contributed by atoms with Crippen LogP contribution in [0.1, 0.15) is 19.8 Å². The molecule has 1 unspecified atom stereocenters. The first-order valence-electron chi connectivity index (χ1n) is 6.86. The molecule has 1 atom stereocenters. The predicted molar refractivity (Wildman–Crippen MR) is 72.5 cm³/mol. The van der Waals surface area contributed by atoms with Gasteiger partial charge in [0.05, 0.1) is 6.61 Å². The van der Waals surface area contributed by atoms with Gasteiger partial charge in [-0.3, -0.25) is 0 Å². The molecule has 0 radical (unpaired) electrons. The number of likely N-dealkylation sites (N-methyl/N-ethyl adjacent to an activating group) is 1. The maximum absolute atomic E-state index is 4.99. The maximum atomic E-state index is 4.99. The van der Waals surface area contributed by atoms with Gasteiger partial charge in [-0.1, -0.05) is 0 Å². The van der Waals surface area contributed by atoms with E-state index in [1.54, 1.807) is 7.11 Å². The number of unbranched alkanes of at least 4 members (excludes halogenated alkanes) is 1. The van der Waals surface area contributed by atoms with Crippen LogP contribution in [0.25, 0.3) is 0 Å². The highest BCUT2D eigenvalue weighted by molar-refractivity contribution is 4.76. The van der Waals surface area contributed by atoms with Gasteiger partial charge in [0.25, 0.3) is 0 Å². The maximum Gasteiger partial charge on any atom is 0.0587 e. The van der Waals surface area contributed by atoms with Crippen LogP contribution in [-0.4, -0.2) is 75.9 Å². The number of methoxy groups -OCH3 is 1. The summed E-state index contributed by atoms with van der Waals surface area (Å²) in [5.74, 6) is 0. The quantitative estimate of drug-likeness (QED) is 0.633. The van der Waals surface area contributed by atoms with Gasteiger partial charge in [0, 0.05) is 39.3 Å². The van der Waals surface area contributed by atoms with Crippen molar-refractivity contribution in [2.24, 2.45) is 0 Å². The summed E-state index contributed by atoms with van der Waals surface area (Å²) in [6.45, 7) is 10.2. The highest BCUT2D eigenvalue weighted by atomic mass is 16.5. The van der Waals surface area contributed by atoms with Crippen LogP contribution in [0, 0.1) is 0 Å². The van der Waals surface area contributed by atoms with Crippen LogP contribution >= 0.6 is 0 Å². The molecular weight excluding hydrogens is 214 g/mol. The van der Waals surface area contributed by atoms with Crippen molar-refractivity contribution in [3.05, 3.63) is 0 Å². The molecule has 1 heterocycles. The lowest BCUT2D eigenvalue weighted by atomic mass is 10.2. The van der Waals surface area contributed by atoms with Crippen LogP contribution < -0.4 is 5.32 Å². The summed E-state index contributed by atoms with van der Waals surface area (Å²) in [6.07, 6.45) is 2.57. The molecule has 0 aromatic heterocycles. The summed E-state index contributed by atoms with van der Waals surface area (Å²) in [7, 11) is 3.97. The highest BCUT2D eigenvalue weighted by Crippen LogP contribution is 2.07. The Morgan fingerprint density at radius 3 is 2.76 bits per heavy atom. The zero-order valence-corrected chi connectivity index (χ0v) is 11.7. The Hall–Kier alpha value is -0.160. The van der Waals surface area contributed by atoms with E-state index in [9.17, 15) is 0 Å². The molecule has 0 aromatic rings. The third-order valence-electron chi connectivity index (χ3n) is 3.60. The SMILES string of the molecule is COCCNCCCCN1CCN(C)C(C)C1. The summed E-state index contributed by atoms with van der Waals surface area (Å²) in [6, 6.07) is 0.712. The zero-order chi connectivity index (χ0) is 12.5. The van der Waals surface area contributed by atoms with Crippen LogP contribution in [0.2, 0.25) is 0 Å². The van der Waals surface area contributed by atoms with Crippen molar-refractivity contribution in [1.82, 2.24) is 15.1 Å². The molecule has 4 nitrogen and oxygen atoms in total. The number of nitrogens with one attached hydrogen (secondary N) is 1. The molecule has 4 heteroatoms. The standard InChI is InChI=1S/C13H29N3O/c1-13-12-16(10-9-15(13)2)8-5-4-6-14-7-11-17-3/h13-14H,4-12H2,1-3H3. The first kappa shape index (κ1) is 14.9. The number of piperazine rings is 1. The predicted octanol–water partition coefficient (Wildman–Crippen LogP) is 0.639. The van der Waals surface area contributed by atoms with Gasteiger partial charge in [-0.05, 0) is 39.9 Å². The third kappa shape index (κ3) is 6.36. The lowest BCUT2D eigenvalue weighted by Gasteiger charge is -2.37. The van der Waals surface area contributed by atoms with E-state index >= 15 is 0 Å². The summed E-state index contributed by atoms with van der Waals surface area (Å²) < 4.78 is 4.99. The average molecular weight is 243 g/mol. The summed E-state index contributed by atoms with van der Waals surface area (Å²) in [5, 5.41) is 3.39. The zero-order valence-electron chi connectivity index (χ0n) is 11.7. The number of hydrogen-bond acceptors (Lipinski definition) is 4. The fourth-order valence-electron chi connectivity index (χ4n) is 2.21. The molecule has 0 saturated carbocycles. The minimum Gasteiger partial charge on any atom is -0.383 e. The van der Waals surface area contributed by atoms with E-state index < -0.39 is 0 Å². The van der Waals surface area contributed by atoms with Crippen LogP contribution in [0.3, 0.4) is 0 Å². The molecule has 1 saturated heterocycles. The molecule has 1 aliphatic heterocycles. The molecule has 1 rings (SSSR count). The largest absolute Gasteiger partial charge is 0.383 e. The third-order valence-corrected chi connectivity index (χ3v) is 3.60. The van der Waals surface area contributed by atoms with Crippen molar-refractivity contribution in [1.29, 1.82) is 0 Å². The van der Waals surface area contributed by atoms with E-state index in [-0.39, 0.29) is 0 Å². The molecule has 102 valence electrons. The van der Waals surface area contributed by atoms with Crippen molar-refractivity contribution in [3.8, 4) is 0 Å². The van der Waals surface area contributed by atoms with Gasteiger partial charge in [0.15, 0.2) is 0 Å². The van der Waals surface area contributed by atoms with E-state index in [0.29, 0.717) is 6.04 Å². The molecule has 0 aliphatic carbocycles. The molecule has 0 aromatic carbocycles. The van der Waals surface area contributed by atoms with E-state index in [4.69, 9.17) is 4.74 Å². The van der Waals surface area contributed by atoms with Gasteiger partial charge < -0.3 is 19.9 Å². The first-order chi connectivity index (χ1) is 8.24. The Morgan fingerprint density at radius 1 is 1.24 bits per heavy atom. The van der Waals surface area contributed by atoms with Crippen LogP contribution in [-0.2, 0) is 4.74 Å². The molecule has 17 heavy (non-hydrogen) atoms. The van der Waals surface area contributed by atoms with Crippen molar-refractivity contribution in [3.63, 3.8) is 0 Å². The van der Waals surface area contributed by atoms with Gasteiger partial charge in [-0.15, -0.1) is 0 Å². The second-order valence-corrected chi connectivity index (χ2v) is 5.08. The van der Waals surface area contributed by atoms with E-state index in [1.165, 1.54) is 39.0 Å². The van der Waals surface area contributed by atoms with Gasteiger partial charge in [0.2, 0.25) is 0 Å². The van der Waals surface area contributed by atoms with Gasteiger partial charge in [-0.2, -0.15) is 0 Å². The molecule has 1 aliphatic rings. The minimum atomic E-state index is 0.712. The molecule has 0 amide bonds. The first-order valence-corrected chi connectivity index (χ1v) is 6.86. The van der Waals surface area contributed by atoms with Crippen LogP contribution in [0.4, 0.5) is 0 Å². The number of hydrogen-bond donors (Lipinski definition) is 1. The molecule has 0 bridgehead atoms. The van der Waals surface area contributed by atoms with Crippen LogP contribution in [0.5, 0.6) is 0 Å². The van der Waals surface area contributed by atoms with Crippen molar-refractivity contribution >= 4 is 0 Å². The molecule has 1 N–H and O–H groups in total. The van der Waals surface area contributed by atoms with Gasteiger partial charge in [-0.25, -0.2) is 0 Å². The lowest BCUT2D eigenvalue weighted by molar-refractivity contribution is 0.104. The summed E-state index contributed by atoms with van der Waals surface area (Å²) >= 11 is 0. The van der Waals surface area contributed by atoms with Gasteiger partial charge >= 0.3 is 0 Å². The second-order valence-electron chi connectivity index (χ2n) is 5.08. The lowest BCUT2D eigenvalue weighted by Crippen LogP contribution is -2.50. The highest BCUT2D eigenvalue weighted by Gasteiger charge is 2.19. The Balaban J connectivity index is 1.92. The topological polar surface area (TPSA) is 27.7 Å². The fourth-order valence-corrected chi connectivity index (χ4v) is 2.21. The van der Waals surface area contributed by atoms with Crippen LogP contribution in [0.15, 0.2) is 0 Å². The molecular formula is C13H29N3O. The Morgan fingerprint density at radius 2 is 2.06 bits per heavy atom. The van der Waals surface area contributed by atoms with Crippen molar-refractivity contribution in [2.75, 3.05) is 60.0 Å². The number of rotatable bonds is 8. The molecule has 1 fully saturated rings. The Bertz CT molecular complexity index is 190. The van der Waals surface area contributed by atoms with Gasteiger partial charge in [0.1, 0.15) is 0 Å². The minimum absolute atomic E-state index is 0.712. The monoisotopic (exact) mass is 243 g/mol. The van der Waals surface area contributed by atoms with Crippen molar-refractivity contribution in [2.45, 2.75) is 25.8 Å². The normalized spacial score (nSPS) is 23.1. The second kappa shape index (κ2) is 8.86. The average Bonchev–Trinajstić information content (AvgIpc) is 2.32. The molecule has 0 spiro atoms. The smallest absolute Gasteiger partial charge is 0.0587 e. The fraction of sp³-hybridized carbons (Fsp3) is 1.00.